The number of benzene rings is 2. The minimum atomic E-state index is -4.28. The molecule has 0 N–H and O–H groups in total. The van der Waals surface area contributed by atoms with Gasteiger partial charge in [0, 0.05) is 32.2 Å². The van der Waals surface area contributed by atoms with Crippen molar-refractivity contribution in [2.45, 2.75) is 4.90 Å². The van der Waals surface area contributed by atoms with Gasteiger partial charge in [0.25, 0.3) is 11.6 Å². The van der Waals surface area contributed by atoms with Crippen molar-refractivity contribution in [2.24, 2.45) is 0 Å². The van der Waals surface area contributed by atoms with E-state index in [2.05, 4.69) is 0 Å². The predicted octanol–water partition coefficient (Wildman–Crippen LogP) is 2.02. The molecule has 0 aliphatic carbocycles. The molecule has 1 aliphatic rings. The van der Waals surface area contributed by atoms with Crippen LogP contribution in [0.15, 0.2) is 47.4 Å². The molecule has 0 spiro atoms. The van der Waals surface area contributed by atoms with Crippen molar-refractivity contribution in [2.75, 3.05) is 26.2 Å². The summed E-state index contributed by atoms with van der Waals surface area (Å²) in [5.41, 5.74) is -0.440. The molecular weight excluding hydrogens is 396 g/mol. The third-order valence-corrected chi connectivity index (χ3v) is 6.28. The molecule has 0 aromatic heterocycles. The maximum atomic E-state index is 13.9. The Kier molecular flexibility index (Phi) is 5.38. The van der Waals surface area contributed by atoms with Crippen LogP contribution in [0.3, 0.4) is 0 Å². The van der Waals surface area contributed by atoms with Gasteiger partial charge in [0.2, 0.25) is 10.0 Å². The highest BCUT2D eigenvalue weighted by Gasteiger charge is 2.33. The first kappa shape index (κ1) is 19.8. The first-order valence-electron chi connectivity index (χ1n) is 8.19. The second-order valence-corrected chi connectivity index (χ2v) is 7.95. The van der Waals surface area contributed by atoms with Crippen molar-refractivity contribution in [3.05, 3.63) is 69.8 Å². The van der Waals surface area contributed by atoms with Gasteiger partial charge in [-0.15, -0.1) is 0 Å². The van der Waals surface area contributed by atoms with Crippen LogP contribution in [0.5, 0.6) is 0 Å². The van der Waals surface area contributed by atoms with Crippen LogP contribution < -0.4 is 0 Å². The Hall–Kier alpha value is -2.92. The molecule has 8 nitrogen and oxygen atoms in total. The molecule has 2 aromatic rings. The van der Waals surface area contributed by atoms with Crippen molar-refractivity contribution in [3.63, 3.8) is 0 Å². The molecule has 1 fully saturated rings. The molecule has 1 heterocycles. The van der Waals surface area contributed by atoms with Crippen molar-refractivity contribution >= 4 is 21.6 Å². The summed E-state index contributed by atoms with van der Waals surface area (Å²) in [5.74, 6) is -2.55. The lowest BCUT2D eigenvalue weighted by Gasteiger charge is -2.34. The number of rotatable bonds is 4. The summed E-state index contributed by atoms with van der Waals surface area (Å²) in [6.07, 6.45) is 0. The van der Waals surface area contributed by atoms with Crippen LogP contribution >= 0.6 is 0 Å². The molecule has 148 valence electrons. The summed E-state index contributed by atoms with van der Waals surface area (Å²) in [7, 11) is -4.28. The van der Waals surface area contributed by atoms with Gasteiger partial charge >= 0.3 is 0 Å². The lowest BCUT2D eigenvalue weighted by atomic mass is 10.1. The van der Waals surface area contributed by atoms with E-state index in [1.807, 2.05) is 0 Å². The number of nitro groups is 1. The molecular formula is C17H15F2N3O5S. The minimum Gasteiger partial charge on any atom is -0.336 e. The number of carbonyl (C=O) groups excluding carboxylic acids is 1. The average Bonchev–Trinajstić information content (AvgIpc) is 2.69. The normalized spacial score (nSPS) is 15.4. The number of piperazine rings is 1. The van der Waals surface area contributed by atoms with Crippen LogP contribution in [0, 0.1) is 21.7 Å². The molecule has 11 heteroatoms. The number of carbonyl (C=O) groups is 1. The topological polar surface area (TPSA) is 101 Å². The van der Waals surface area contributed by atoms with Crippen LogP contribution in [0.25, 0.3) is 0 Å². The predicted molar refractivity (Wildman–Crippen MR) is 94.1 cm³/mol. The Morgan fingerprint density at radius 2 is 1.68 bits per heavy atom. The monoisotopic (exact) mass is 411 g/mol. The van der Waals surface area contributed by atoms with Crippen molar-refractivity contribution < 1.29 is 26.9 Å². The first-order chi connectivity index (χ1) is 13.2. The Balaban J connectivity index is 1.77. The molecule has 3 rings (SSSR count). The molecule has 0 bridgehead atoms. The fraction of sp³-hybridized carbons (Fsp3) is 0.235. The summed E-state index contributed by atoms with van der Waals surface area (Å²) in [4.78, 5) is 23.5. The zero-order valence-electron chi connectivity index (χ0n) is 14.4. The number of nitro benzene ring substituents is 1. The maximum Gasteiger partial charge on any atom is 0.282 e. The highest BCUT2D eigenvalue weighted by atomic mass is 32.2. The van der Waals surface area contributed by atoms with E-state index in [9.17, 15) is 32.1 Å². The third-order valence-electron chi connectivity index (χ3n) is 4.37. The molecule has 1 aliphatic heterocycles. The zero-order valence-corrected chi connectivity index (χ0v) is 15.2. The van der Waals surface area contributed by atoms with Gasteiger partial charge in [-0.25, -0.2) is 17.2 Å². The number of amides is 1. The molecule has 2 aromatic carbocycles. The van der Waals surface area contributed by atoms with E-state index in [0.717, 1.165) is 16.4 Å². The fourth-order valence-electron chi connectivity index (χ4n) is 2.93. The van der Waals surface area contributed by atoms with Crippen LogP contribution in [-0.2, 0) is 10.0 Å². The summed E-state index contributed by atoms with van der Waals surface area (Å²) in [6.45, 7) is -0.378. The van der Waals surface area contributed by atoms with Gasteiger partial charge < -0.3 is 4.90 Å². The number of halogens is 2. The largest absolute Gasteiger partial charge is 0.336 e. The van der Waals surface area contributed by atoms with Crippen molar-refractivity contribution in [3.8, 4) is 0 Å². The van der Waals surface area contributed by atoms with Crippen molar-refractivity contribution in [1.29, 1.82) is 0 Å². The molecule has 0 unspecified atom stereocenters. The maximum absolute atomic E-state index is 13.9. The van der Waals surface area contributed by atoms with Gasteiger partial charge in [-0.2, -0.15) is 4.31 Å². The second-order valence-electron chi connectivity index (χ2n) is 6.05. The number of para-hydroxylation sites is 1. The van der Waals surface area contributed by atoms with E-state index in [1.165, 1.54) is 29.2 Å². The molecule has 28 heavy (non-hydrogen) atoms. The summed E-state index contributed by atoms with van der Waals surface area (Å²) < 4.78 is 53.3. The standard InChI is InChI=1S/C17H15F2N3O5S/c18-12-5-6-14(19)16(11-12)28(26,27)21-9-7-20(8-10-21)17(23)13-3-1-2-4-15(13)22(24)25/h1-6,11H,7-10H2. The second kappa shape index (κ2) is 7.60. The van der Waals surface area contributed by atoms with Gasteiger partial charge in [-0.05, 0) is 24.3 Å². The first-order valence-corrected chi connectivity index (χ1v) is 9.63. The molecule has 1 saturated heterocycles. The number of nitrogens with zero attached hydrogens (tertiary/aromatic N) is 3. The Morgan fingerprint density at radius 1 is 1.04 bits per heavy atom. The minimum absolute atomic E-state index is 0.0406. The van der Waals surface area contributed by atoms with Crippen LogP contribution in [-0.4, -0.2) is 54.6 Å². The highest BCUT2D eigenvalue weighted by Crippen LogP contribution is 2.24. The number of sulfonamides is 1. The summed E-state index contributed by atoms with van der Waals surface area (Å²) in [5, 5.41) is 11.1. The lowest BCUT2D eigenvalue weighted by Crippen LogP contribution is -2.50. The Morgan fingerprint density at radius 3 is 2.32 bits per heavy atom. The smallest absolute Gasteiger partial charge is 0.282 e. The fourth-order valence-corrected chi connectivity index (χ4v) is 4.43. The van der Waals surface area contributed by atoms with Gasteiger partial charge in [0.15, 0.2) is 0 Å². The van der Waals surface area contributed by atoms with Crippen LogP contribution in [0.1, 0.15) is 10.4 Å². The van der Waals surface area contributed by atoms with Crippen molar-refractivity contribution in [1.82, 2.24) is 9.21 Å². The van der Waals surface area contributed by atoms with Crippen LogP contribution in [0.2, 0.25) is 0 Å². The van der Waals surface area contributed by atoms with Gasteiger partial charge in [-0.1, -0.05) is 12.1 Å². The van der Waals surface area contributed by atoms with Gasteiger partial charge in [0.05, 0.1) is 4.92 Å². The molecule has 0 radical (unpaired) electrons. The Labute approximate surface area is 159 Å². The van der Waals surface area contributed by atoms with E-state index in [4.69, 9.17) is 0 Å². The summed E-state index contributed by atoms with van der Waals surface area (Å²) >= 11 is 0. The summed E-state index contributed by atoms with van der Waals surface area (Å²) in [6, 6.07) is 7.62. The molecule has 0 saturated carbocycles. The number of hydrogen-bond donors (Lipinski definition) is 0. The van der Waals surface area contributed by atoms with E-state index >= 15 is 0 Å². The van der Waals surface area contributed by atoms with E-state index in [1.54, 1.807) is 0 Å². The van der Waals surface area contributed by atoms with Gasteiger partial charge in [0.1, 0.15) is 22.1 Å². The van der Waals surface area contributed by atoms with E-state index < -0.39 is 37.4 Å². The lowest BCUT2D eigenvalue weighted by molar-refractivity contribution is -0.385. The Bertz CT molecular complexity index is 1040. The quantitative estimate of drug-likeness (QED) is 0.566. The van der Waals surface area contributed by atoms with E-state index in [0.29, 0.717) is 6.07 Å². The van der Waals surface area contributed by atoms with Gasteiger partial charge in [-0.3, -0.25) is 14.9 Å². The number of hydrogen-bond acceptors (Lipinski definition) is 5. The SMILES string of the molecule is O=C(c1ccccc1[N+](=O)[O-])N1CCN(S(=O)(=O)c2cc(F)ccc2F)CC1. The molecule has 0 atom stereocenters. The highest BCUT2D eigenvalue weighted by molar-refractivity contribution is 7.89. The zero-order chi connectivity index (χ0) is 20.5. The van der Waals surface area contributed by atoms with Crippen LogP contribution in [0.4, 0.5) is 14.5 Å². The average molecular weight is 411 g/mol. The third kappa shape index (κ3) is 3.71. The van der Waals surface area contributed by atoms with E-state index in [-0.39, 0.29) is 37.4 Å². The molecule has 1 amide bonds.